The van der Waals surface area contributed by atoms with E-state index in [0.717, 1.165) is 6.07 Å². The standard InChI is InChI=1S/C14H11Cl2FN2O2/c1-21-13-5-3-9(16)7-12(13)19-14(20)18-11-4-2-8(15)6-10(11)17/h2-7H,1H3,(H2,18,19,20). The zero-order chi connectivity index (χ0) is 15.4. The molecule has 0 heterocycles. The normalized spacial score (nSPS) is 10.1. The molecule has 0 saturated heterocycles. The Morgan fingerprint density at radius 3 is 2.33 bits per heavy atom. The predicted molar refractivity (Wildman–Crippen MR) is 82.1 cm³/mol. The molecule has 0 fully saturated rings. The van der Waals surface area contributed by atoms with E-state index in [1.54, 1.807) is 12.1 Å². The molecular formula is C14H11Cl2FN2O2. The summed E-state index contributed by atoms with van der Waals surface area (Å²) >= 11 is 11.5. The van der Waals surface area contributed by atoms with Gasteiger partial charge in [-0.1, -0.05) is 23.2 Å². The molecule has 4 nitrogen and oxygen atoms in total. The van der Waals surface area contributed by atoms with Crippen LogP contribution in [-0.2, 0) is 0 Å². The Kier molecular flexibility index (Phi) is 4.88. The Labute approximate surface area is 130 Å². The minimum Gasteiger partial charge on any atom is -0.495 e. The lowest BCUT2D eigenvalue weighted by molar-refractivity contribution is 0.262. The number of amides is 2. The fourth-order valence-electron chi connectivity index (χ4n) is 1.64. The van der Waals surface area contributed by atoms with Gasteiger partial charge in [0.15, 0.2) is 0 Å². The van der Waals surface area contributed by atoms with E-state index in [0.29, 0.717) is 16.5 Å². The van der Waals surface area contributed by atoms with Crippen LogP contribution in [0.15, 0.2) is 36.4 Å². The molecule has 110 valence electrons. The molecule has 0 aliphatic heterocycles. The van der Waals surface area contributed by atoms with Gasteiger partial charge in [0.05, 0.1) is 18.5 Å². The highest BCUT2D eigenvalue weighted by Crippen LogP contribution is 2.28. The molecule has 0 aromatic heterocycles. The maximum Gasteiger partial charge on any atom is 0.323 e. The molecule has 2 amide bonds. The van der Waals surface area contributed by atoms with Gasteiger partial charge in [-0.2, -0.15) is 0 Å². The average Bonchev–Trinajstić information content (AvgIpc) is 2.42. The van der Waals surface area contributed by atoms with E-state index in [2.05, 4.69) is 10.6 Å². The molecule has 0 aliphatic rings. The number of urea groups is 1. The second kappa shape index (κ2) is 6.65. The number of anilines is 2. The van der Waals surface area contributed by atoms with Crippen LogP contribution in [0.5, 0.6) is 5.75 Å². The van der Waals surface area contributed by atoms with Gasteiger partial charge in [0.25, 0.3) is 0 Å². The first-order valence-electron chi connectivity index (χ1n) is 5.86. The van der Waals surface area contributed by atoms with Gasteiger partial charge in [-0.15, -0.1) is 0 Å². The summed E-state index contributed by atoms with van der Waals surface area (Å²) in [5.74, 6) is -0.193. The molecule has 2 rings (SSSR count). The van der Waals surface area contributed by atoms with Crippen LogP contribution in [0, 0.1) is 5.82 Å². The Morgan fingerprint density at radius 1 is 1.05 bits per heavy atom. The second-order valence-electron chi connectivity index (χ2n) is 4.05. The van der Waals surface area contributed by atoms with E-state index < -0.39 is 11.8 Å². The number of ether oxygens (including phenoxy) is 1. The van der Waals surface area contributed by atoms with Crippen molar-refractivity contribution in [3.63, 3.8) is 0 Å². The Bertz CT molecular complexity index is 680. The zero-order valence-corrected chi connectivity index (χ0v) is 12.4. The minimum absolute atomic E-state index is 0.0119. The molecule has 2 N–H and O–H groups in total. The highest BCUT2D eigenvalue weighted by atomic mass is 35.5. The van der Waals surface area contributed by atoms with Crippen LogP contribution < -0.4 is 15.4 Å². The highest BCUT2D eigenvalue weighted by Gasteiger charge is 2.10. The number of carbonyl (C=O) groups excluding carboxylic acids is 1. The van der Waals surface area contributed by atoms with Crippen LogP contribution in [-0.4, -0.2) is 13.1 Å². The first kappa shape index (κ1) is 15.4. The van der Waals surface area contributed by atoms with Crippen LogP contribution in [0.3, 0.4) is 0 Å². The van der Waals surface area contributed by atoms with Gasteiger partial charge in [0.1, 0.15) is 11.6 Å². The van der Waals surface area contributed by atoms with Crippen molar-refractivity contribution in [2.24, 2.45) is 0 Å². The van der Waals surface area contributed by atoms with E-state index in [1.165, 1.54) is 25.3 Å². The molecular weight excluding hydrogens is 318 g/mol. The smallest absolute Gasteiger partial charge is 0.323 e. The van der Waals surface area contributed by atoms with E-state index in [4.69, 9.17) is 27.9 Å². The maximum absolute atomic E-state index is 13.6. The molecule has 0 spiro atoms. The summed E-state index contributed by atoms with van der Waals surface area (Å²) in [4.78, 5) is 11.9. The van der Waals surface area contributed by atoms with Crippen LogP contribution in [0.1, 0.15) is 0 Å². The second-order valence-corrected chi connectivity index (χ2v) is 4.92. The molecule has 2 aromatic carbocycles. The van der Waals surface area contributed by atoms with Gasteiger partial charge in [-0.05, 0) is 36.4 Å². The quantitative estimate of drug-likeness (QED) is 0.851. The predicted octanol–water partition coefficient (Wildman–Crippen LogP) is 4.79. The number of benzene rings is 2. The Morgan fingerprint density at radius 2 is 1.67 bits per heavy atom. The average molecular weight is 329 g/mol. The van der Waals surface area contributed by atoms with Crippen molar-refractivity contribution in [2.45, 2.75) is 0 Å². The van der Waals surface area contributed by atoms with E-state index in [-0.39, 0.29) is 10.7 Å². The molecule has 0 radical (unpaired) electrons. The third-order valence-corrected chi connectivity index (χ3v) is 3.06. The van der Waals surface area contributed by atoms with Crippen molar-refractivity contribution >= 4 is 40.6 Å². The van der Waals surface area contributed by atoms with Gasteiger partial charge >= 0.3 is 6.03 Å². The lowest BCUT2D eigenvalue weighted by Crippen LogP contribution is -2.20. The van der Waals surface area contributed by atoms with Crippen molar-refractivity contribution in [3.05, 3.63) is 52.3 Å². The van der Waals surface area contributed by atoms with Gasteiger partial charge in [-0.25, -0.2) is 9.18 Å². The topological polar surface area (TPSA) is 50.4 Å². The van der Waals surface area contributed by atoms with Crippen LogP contribution in [0.25, 0.3) is 0 Å². The van der Waals surface area contributed by atoms with Crippen molar-refractivity contribution in [1.29, 1.82) is 0 Å². The number of nitrogens with one attached hydrogen (secondary N) is 2. The summed E-state index contributed by atoms with van der Waals surface area (Å²) in [6.07, 6.45) is 0. The Balaban J connectivity index is 2.13. The number of halogens is 3. The lowest BCUT2D eigenvalue weighted by Gasteiger charge is -2.12. The number of carbonyl (C=O) groups is 1. The maximum atomic E-state index is 13.6. The number of hydrogen-bond acceptors (Lipinski definition) is 2. The fraction of sp³-hybridized carbons (Fsp3) is 0.0714. The fourth-order valence-corrected chi connectivity index (χ4v) is 1.98. The van der Waals surface area contributed by atoms with Crippen LogP contribution >= 0.6 is 23.2 Å². The number of hydrogen-bond donors (Lipinski definition) is 2. The first-order valence-corrected chi connectivity index (χ1v) is 6.62. The molecule has 0 bridgehead atoms. The van der Waals surface area contributed by atoms with E-state index in [9.17, 15) is 9.18 Å². The monoisotopic (exact) mass is 328 g/mol. The summed E-state index contributed by atoms with van der Waals surface area (Å²) in [6.45, 7) is 0. The molecule has 7 heteroatoms. The van der Waals surface area contributed by atoms with E-state index in [1.807, 2.05) is 0 Å². The van der Waals surface area contributed by atoms with Crippen molar-refractivity contribution in [3.8, 4) is 5.75 Å². The lowest BCUT2D eigenvalue weighted by atomic mass is 10.3. The minimum atomic E-state index is -0.629. The van der Waals surface area contributed by atoms with Crippen molar-refractivity contribution < 1.29 is 13.9 Å². The summed E-state index contributed by atoms with van der Waals surface area (Å²) in [5, 5.41) is 5.59. The van der Waals surface area contributed by atoms with Crippen molar-refractivity contribution in [1.82, 2.24) is 0 Å². The van der Waals surface area contributed by atoms with Crippen molar-refractivity contribution in [2.75, 3.05) is 17.7 Å². The summed E-state index contributed by atoms with van der Waals surface area (Å²) in [5.41, 5.74) is 0.384. The molecule has 2 aromatic rings. The molecule has 0 unspecified atom stereocenters. The van der Waals surface area contributed by atoms with Gasteiger partial charge in [-0.3, -0.25) is 0 Å². The van der Waals surface area contributed by atoms with Crippen LogP contribution in [0.4, 0.5) is 20.6 Å². The number of methoxy groups -OCH3 is 1. The number of rotatable bonds is 3. The third kappa shape index (κ3) is 4.00. The molecule has 0 saturated carbocycles. The summed E-state index contributed by atoms with van der Waals surface area (Å²) < 4.78 is 18.7. The van der Waals surface area contributed by atoms with E-state index >= 15 is 0 Å². The molecule has 0 atom stereocenters. The van der Waals surface area contributed by atoms with Gasteiger partial charge in [0, 0.05) is 10.0 Å². The van der Waals surface area contributed by atoms with Crippen LogP contribution in [0.2, 0.25) is 10.0 Å². The first-order chi connectivity index (χ1) is 9.99. The largest absolute Gasteiger partial charge is 0.495 e. The SMILES string of the molecule is COc1ccc(Cl)cc1NC(=O)Nc1ccc(Cl)cc1F. The molecule has 0 aliphatic carbocycles. The summed E-state index contributed by atoms with van der Waals surface area (Å²) in [7, 11) is 1.46. The molecule has 21 heavy (non-hydrogen) atoms. The third-order valence-electron chi connectivity index (χ3n) is 2.59. The van der Waals surface area contributed by atoms with Gasteiger partial charge in [0.2, 0.25) is 0 Å². The summed E-state index contributed by atoms with van der Waals surface area (Å²) in [6, 6.07) is 8.09. The van der Waals surface area contributed by atoms with Gasteiger partial charge < -0.3 is 15.4 Å². The zero-order valence-electron chi connectivity index (χ0n) is 10.9. The Hall–Kier alpha value is -1.98. The highest BCUT2D eigenvalue weighted by molar-refractivity contribution is 6.31.